The molecule has 2 rings (SSSR count). The number of rotatable bonds is 8. The zero-order valence-corrected chi connectivity index (χ0v) is 14.9. The molecule has 0 fully saturated rings. The molecule has 22 heavy (non-hydrogen) atoms. The minimum Gasteiger partial charge on any atom is -0.357 e. The van der Waals surface area contributed by atoms with Gasteiger partial charge in [-0.1, -0.05) is 13.0 Å². The number of thiophene rings is 1. The Hall–Kier alpha value is -1.40. The molecule has 0 aromatic carbocycles. The third-order valence-electron chi connectivity index (χ3n) is 3.13. The number of nitrogens with one attached hydrogen (secondary N) is 2. The molecule has 0 unspecified atom stereocenters. The van der Waals surface area contributed by atoms with Crippen molar-refractivity contribution in [2.45, 2.75) is 33.1 Å². The van der Waals surface area contributed by atoms with E-state index in [2.05, 4.69) is 57.4 Å². The molecular formula is C16H24N4S2. The van der Waals surface area contributed by atoms with Crippen LogP contribution in [0.2, 0.25) is 0 Å². The lowest BCUT2D eigenvalue weighted by Gasteiger charge is -2.10. The molecular weight excluding hydrogens is 312 g/mol. The molecule has 0 atom stereocenters. The van der Waals surface area contributed by atoms with Gasteiger partial charge in [0.25, 0.3) is 0 Å². The van der Waals surface area contributed by atoms with Gasteiger partial charge in [0.05, 0.1) is 10.7 Å². The van der Waals surface area contributed by atoms with Gasteiger partial charge >= 0.3 is 0 Å². The maximum absolute atomic E-state index is 4.62. The van der Waals surface area contributed by atoms with Gasteiger partial charge in [-0.2, -0.15) is 0 Å². The fourth-order valence-corrected chi connectivity index (χ4v) is 3.49. The molecule has 2 aromatic heterocycles. The molecule has 0 saturated carbocycles. The zero-order valence-electron chi connectivity index (χ0n) is 13.3. The van der Waals surface area contributed by atoms with Gasteiger partial charge in [0, 0.05) is 42.7 Å². The second kappa shape index (κ2) is 9.58. The molecule has 2 heterocycles. The number of thiazole rings is 1. The first-order chi connectivity index (χ1) is 10.8. The van der Waals surface area contributed by atoms with Crippen LogP contribution < -0.4 is 10.6 Å². The third-order valence-corrected chi connectivity index (χ3v) is 5.11. The minimum absolute atomic E-state index is 0.812. The summed E-state index contributed by atoms with van der Waals surface area (Å²) < 4.78 is 0. The van der Waals surface area contributed by atoms with Crippen molar-refractivity contribution in [3.63, 3.8) is 0 Å². The lowest BCUT2D eigenvalue weighted by Crippen LogP contribution is -2.38. The fraction of sp³-hybridized carbons (Fsp3) is 0.500. The molecule has 6 heteroatoms. The summed E-state index contributed by atoms with van der Waals surface area (Å²) in [5.41, 5.74) is 1.17. The van der Waals surface area contributed by atoms with E-state index in [4.69, 9.17) is 0 Å². The summed E-state index contributed by atoms with van der Waals surface area (Å²) in [6.07, 6.45) is 2.96. The van der Waals surface area contributed by atoms with E-state index < -0.39 is 0 Å². The van der Waals surface area contributed by atoms with E-state index in [1.807, 2.05) is 0 Å². The Kier molecular flexibility index (Phi) is 7.39. The van der Waals surface area contributed by atoms with Crippen molar-refractivity contribution in [3.8, 4) is 0 Å². The molecule has 0 aliphatic heterocycles. The van der Waals surface area contributed by atoms with Crippen LogP contribution in [0.15, 0.2) is 27.9 Å². The van der Waals surface area contributed by atoms with Crippen LogP contribution >= 0.6 is 22.7 Å². The molecule has 0 amide bonds. The molecule has 120 valence electrons. The number of hydrogen-bond donors (Lipinski definition) is 2. The Bertz CT molecular complexity index is 560. The van der Waals surface area contributed by atoms with E-state index in [0.717, 1.165) is 44.9 Å². The van der Waals surface area contributed by atoms with Crippen LogP contribution in [-0.4, -0.2) is 30.6 Å². The second-order valence-electron chi connectivity index (χ2n) is 4.85. The van der Waals surface area contributed by atoms with Crippen molar-refractivity contribution < 1.29 is 0 Å². The highest BCUT2D eigenvalue weighted by molar-refractivity contribution is 7.10. The van der Waals surface area contributed by atoms with E-state index in [0.29, 0.717) is 0 Å². The van der Waals surface area contributed by atoms with Crippen LogP contribution in [-0.2, 0) is 19.3 Å². The van der Waals surface area contributed by atoms with Crippen LogP contribution in [0.25, 0.3) is 0 Å². The lowest BCUT2D eigenvalue weighted by molar-refractivity contribution is 0.787. The van der Waals surface area contributed by atoms with E-state index in [1.54, 1.807) is 22.7 Å². The topological polar surface area (TPSA) is 49.3 Å². The SMILES string of the molecule is CCNC(=NCCc1cccs1)NCCc1csc(CC)n1. The number of aromatic nitrogens is 1. The molecule has 0 spiro atoms. The Morgan fingerprint density at radius 1 is 1.23 bits per heavy atom. The van der Waals surface area contributed by atoms with Crippen molar-refractivity contribution in [2.24, 2.45) is 4.99 Å². The fourth-order valence-electron chi connectivity index (χ4n) is 2.01. The number of guanidine groups is 1. The van der Waals surface area contributed by atoms with Gasteiger partial charge in [0.15, 0.2) is 5.96 Å². The van der Waals surface area contributed by atoms with Crippen molar-refractivity contribution in [2.75, 3.05) is 19.6 Å². The van der Waals surface area contributed by atoms with Gasteiger partial charge in [0.2, 0.25) is 0 Å². The van der Waals surface area contributed by atoms with Crippen LogP contribution in [0.5, 0.6) is 0 Å². The number of hydrogen-bond acceptors (Lipinski definition) is 4. The van der Waals surface area contributed by atoms with Crippen molar-refractivity contribution in [1.29, 1.82) is 0 Å². The monoisotopic (exact) mass is 336 g/mol. The largest absolute Gasteiger partial charge is 0.357 e. The summed E-state index contributed by atoms with van der Waals surface area (Å²) in [4.78, 5) is 10.6. The van der Waals surface area contributed by atoms with Crippen molar-refractivity contribution >= 4 is 28.6 Å². The third kappa shape index (κ3) is 5.77. The van der Waals surface area contributed by atoms with E-state index in [-0.39, 0.29) is 0 Å². The maximum Gasteiger partial charge on any atom is 0.191 e. The summed E-state index contributed by atoms with van der Waals surface area (Å²) in [7, 11) is 0. The number of nitrogens with zero attached hydrogens (tertiary/aromatic N) is 2. The van der Waals surface area contributed by atoms with Crippen LogP contribution in [0, 0.1) is 0 Å². The summed E-state index contributed by atoms with van der Waals surface area (Å²) in [5.74, 6) is 0.894. The molecule has 2 N–H and O–H groups in total. The van der Waals surface area contributed by atoms with E-state index >= 15 is 0 Å². The highest BCUT2D eigenvalue weighted by atomic mass is 32.1. The number of aryl methyl sites for hydroxylation is 1. The zero-order chi connectivity index (χ0) is 15.6. The predicted molar refractivity (Wildman–Crippen MR) is 97.2 cm³/mol. The Morgan fingerprint density at radius 3 is 2.82 bits per heavy atom. The average Bonchev–Trinajstić information content (AvgIpc) is 3.18. The van der Waals surface area contributed by atoms with Gasteiger partial charge in [-0.3, -0.25) is 4.99 Å². The average molecular weight is 337 g/mol. The molecule has 2 aromatic rings. The number of aliphatic imine (C=N–C) groups is 1. The van der Waals surface area contributed by atoms with Crippen LogP contribution in [0.3, 0.4) is 0 Å². The highest BCUT2D eigenvalue weighted by Crippen LogP contribution is 2.10. The molecule has 0 aliphatic rings. The Balaban J connectivity index is 1.75. The van der Waals surface area contributed by atoms with Crippen LogP contribution in [0.1, 0.15) is 29.4 Å². The summed E-state index contributed by atoms with van der Waals surface area (Å²) in [6, 6.07) is 4.25. The Morgan fingerprint density at radius 2 is 2.14 bits per heavy atom. The van der Waals surface area contributed by atoms with Crippen molar-refractivity contribution in [3.05, 3.63) is 38.5 Å². The predicted octanol–water partition coefficient (Wildman–Crippen LogP) is 3.11. The molecule has 0 bridgehead atoms. The molecule has 4 nitrogen and oxygen atoms in total. The van der Waals surface area contributed by atoms with E-state index in [9.17, 15) is 0 Å². The van der Waals surface area contributed by atoms with Gasteiger partial charge in [-0.05, 0) is 24.8 Å². The van der Waals surface area contributed by atoms with Gasteiger partial charge < -0.3 is 10.6 Å². The van der Waals surface area contributed by atoms with Gasteiger partial charge in [-0.25, -0.2) is 4.98 Å². The summed E-state index contributed by atoms with van der Waals surface area (Å²) in [5, 5.41) is 12.2. The first kappa shape index (κ1) is 17.0. The Labute approximate surface area is 140 Å². The second-order valence-corrected chi connectivity index (χ2v) is 6.83. The first-order valence-electron chi connectivity index (χ1n) is 7.79. The van der Waals surface area contributed by atoms with Gasteiger partial charge in [-0.15, -0.1) is 22.7 Å². The highest BCUT2D eigenvalue weighted by Gasteiger charge is 2.02. The van der Waals surface area contributed by atoms with E-state index in [1.165, 1.54) is 15.6 Å². The lowest BCUT2D eigenvalue weighted by atomic mass is 10.3. The minimum atomic E-state index is 0.812. The first-order valence-corrected chi connectivity index (χ1v) is 9.55. The van der Waals surface area contributed by atoms with Crippen molar-refractivity contribution in [1.82, 2.24) is 15.6 Å². The molecule has 0 aliphatic carbocycles. The van der Waals surface area contributed by atoms with Gasteiger partial charge in [0.1, 0.15) is 0 Å². The molecule has 0 radical (unpaired) electrons. The van der Waals surface area contributed by atoms with Crippen LogP contribution in [0.4, 0.5) is 0 Å². The molecule has 0 saturated heterocycles. The standard InChI is InChI=1S/C16H24N4S2/c1-3-15-20-13(12-22-15)7-9-18-16(17-4-2)19-10-8-14-6-5-11-21-14/h5-6,11-12H,3-4,7-10H2,1-2H3,(H2,17,18,19). The quantitative estimate of drug-likeness (QED) is 0.575. The maximum atomic E-state index is 4.62. The summed E-state index contributed by atoms with van der Waals surface area (Å²) in [6.45, 7) is 6.78. The smallest absolute Gasteiger partial charge is 0.191 e. The normalized spacial score (nSPS) is 11.6. The summed E-state index contributed by atoms with van der Waals surface area (Å²) >= 11 is 3.54.